The number of hydrogen-bond acceptors (Lipinski definition) is 5. The van der Waals surface area contributed by atoms with Gasteiger partial charge >= 0.3 is 0 Å². The van der Waals surface area contributed by atoms with Gasteiger partial charge in [0.15, 0.2) is 0 Å². The smallest absolute Gasteiger partial charge is 0.257 e. The number of aromatic nitrogens is 3. The lowest BCUT2D eigenvalue weighted by Gasteiger charge is -2.32. The van der Waals surface area contributed by atoms with E-state index in [9.17, 15) is 9.18 Å². The summed E-state index contributed by atoms with van der Waals surface area (Å²) in [5.74, 6) is 6.91. The van der Waals surface area contributed by atoms with E-state index in [1.54, 1.807) is 12.3 Å². The SMILES string of the molecule is CC/C=C\c1ncc(C#Cc2cc(C(=O)Nc3ccc(CN4CCN(C)CC4)c(C4CC4)c3)cnc2CF)[nH]1. The number of amides is 1. The molecule has 0 bridgehead atoms. The van der Waals surface area contributed by atoms with Crippen LogP contribution >= 0.6 is 0 Å². The average Bonchev–Trinajstić information content (AvgIpc) is 3.70. The van der Waals surface area contributed by atoms with Crippen LogP contribution < -0.4 is 5.32 Å². The van der Waals surface area contributed by atoms with Crippen LogP contribution in [-0.4, -0.2) is 63.9 Å². The van der Waals surface area contributed by atoms with Crippen molar-refractivity contribution in [1.82, 2.24) is 24.8 Å². The van der Waals surface area contributed by atoms with Crippen LogP contribution in [0, 0.1) is 11.8 Å². The van der Waals surface area contributed by atoms with Crippen LogP contribution in [0.25, 0.3) is 6.08 Å². The van der Waals surface area contributed by atoms with Crippen LogP contribution in [0.4, 0.5) is 10.1 Å². The van der Waals surface area contributed by atoms with Gasteiger partial charge in [0.2, 0.25) is 0 Å². The molecule has 0 atom stereocenters. The van der Waals surface area contributed by atoms with Crippen molar-refractivity contribution >= 4 is 17.7 Å². The zero-order valence-electron chi connectivity index (χ0n) is 22.6. The number of likely N-dealkylation sites (N-methyl/N-ethyl adjacent to an activating group) is 1. The molecule has 2 N–H and O–H groups in total. The predicted molar refractivity (Wildman–Crippen MR) is 152 cm³/mol. The first-order valence-corrected chi connectivity index (χ1v) is 13.7. The normalized spacial score (nSPS) is 16.3. The Morgan fingerprint density at radius 1 is 1.15 bits per heavy atom. The fraction of sp³-hybridized carbons (Fsp3) is 0.387. The third-order valence-electron chi connectivity index (χ3n) is 7.21. The van der Waals surface area contributed by atoms with Gasteiger partial charge in [0.05, 0.1) is 23.0 Å². The minimum Gasteiger partial charge on any atom is -0.332 e. The van der Waals surface area contributed by atoms with E-state index in [0.29, 0.717) is 28.6 Å². The van der Waals surface area contributed by atoms with Crippen molar-refractivity contribution in [3.05, 3.63) is 82.2 Å². The quantitative estimate of drug-likeness (QED) is 0.405. The van der Waals surface area contributed by atoms with Gasteiger partial charge in [-0.15, -0.1) is 0 Å². The second-order valence-corrected chi connectivity index (χ2v) is 10.3. The number of halogens is 1. The number of nitrogens with zero attached hydrogens (tertiary/aromatic N) is 4. The lowest BCUT2D eigenvalue weighted by Crippen LogP contribution is -2.44. The van der Waals surface area contributed by atoms with E-state index in [0.717, 1.165) is 44.8 Å². The highest BCUT2D eigenvalue weighted by atomic mass is 19.1. The highest BCUT2D eigenvalue weighted by Gasteiger charge is 2.27. The van der Waals surface area contributed by atoms with Gasteiger partial charge in [-0.3, -0.25) is 14.7 Å². The second-order valence-electron chi connectivity index (χ2n) is 10.3. The predicted octanol–water partition coefficient (Wildman–Crippen LogP) is 4.97. The van der Waals surface area contributed by atoms with Crippen molar-refractivity contribution in [2.75, 3.05) is 38.5 Å². The Morgan fingerprint density at radius 2 is 1.97 bits per heavy atom. The summed E-state index contributed by atoms with van der Waals surface area (Å²) >= 11 is 0. The number of benzene rings is 1. The number of hydrogen-bond donors (Lipinski definition) is 2. The standard InChI is InChI=1S/C31H35FN6O/c1-3-4-5-30-34-20-27(35-30)11-8-23-16-25(19-33-29(23)18-32)31(39)36-26-10-9-24(28(17-26)22-6-7-22)21-38-14-12-37(2)13-15-38/h4-5,9-10,16-17,19-20,22H,3,6-7,12-15,18,21H2,1-2H3,(H,34,35)(H,36,39)/b5-4-. The summed E-state index contributed by atoms with van der Waals surface area (Å²) in [5, 5.41) is 3.01. The monoisotopic (exact) mass is 526 g/mol. The molecule has 1 aliphatic carbocycles. The Morgan fingerprint density at radius 3 is 2.72 bits per heavy atom. The van der Waals surface area contributed by atoms with Crippen molar-refractivity contribution in [2.24, 2.45) is 0 Å². The van der Waals surface area contributed by atoms with Crippen molar-refractivity contribution < 1.29 is 9.18 Å². The number of H-pyrrole nitrogens is 1. The Labute approximate surface area is 229 Å². The van der Waals surface area contributed by atoms with Crippen molar-refractivity contribution in [2.45, 2.75) is 45.3 Å². The molecule has 2 fully saturated rings. The zero-order valence-corrected chi connectivity index (χ0v) is 22.6. The molecule has 1 saturated carbocycles. The first-order valence-electron chi connectivity index (χ1n) is 13.7. The number of carbonyl (C=O) groups is 1. The summed E-state index contributed by atoms with van der Waals surface area (Å²) in [5.41, 5.74) is 4.96. The number of alkyl halides is 1. The van der Waals surface area contributed by atoms with Crippen LogP contribution in [0.1, 0.15) is 76.4 Å². The van der Waals surface area contributed by atoms with E-state index in [4.69, 9.17) is 0 Å². The summed E-state index contributed by atoms with van der Waals surface area (Å²) in [6.07, 6.45) is 10.2. The molecule has 0 unspecified atom stereocenters. The summed E-state index contributed by atoms with van der Waals surface area (Å²) in [4.78, 5) is 29.6. The van der Waals surface area contributed by atoms with Crippen LogP contribution in [0.15, 0.2) is 42.7 Å². The molecule has 1 aliphatic heterocycles. The van der Waals surface area contributed by atoms with E-state index in [1.807, 2.05) is 25.1 Å². The Bertz CT molecular complexity index is 1410. The first-order chi connectivity index (χ1) is 19.0. The van der Waals surface area contributed by atoms with Crippen LogP contribution in [0.3, 0.4) is 0 Å². The van der Waals surface area contributed by atoms with Gasteiger partial charge in [-0.2, -0.15) is 0 Å². The molecule has 7 nitrogen and oxygen atoms in total. The van der Waals surface area contributed by atoms with Gasteiger partial charge in [-0.25, -0.2) is 9.37 Å². The van der Waals surface area contributed by atoms with E-state index < -0.39 is 6.67 Å². The van der Waals surface area contributed by atoms with E-state index in [1.165, 1.54) is 30.2 Å². The number of rotatable bonds is 8. The second kappa shape index (κ2) is 12.4. The molecular formula is C31H35FN6O. The van der Waals surface area contributed by atoms with Gasteiger partial charge in [-0.05, 0) is 73.6 Å². The minimum atomic E-state index is -0.765. The molecule has 0 spiro atoms. The number of imidazole rings is 1. The van der Waals surface area contributed by atoms with Crippen LogP contribution in [0.5, 0.6) is 0 Å². The summed E-state index contributed by atoms with van der Waals surface area (Å²) in [7, 11) is 2.17. The molecule has 202 valence electrons. The number of pyridine rings is 1. The largest absolute Gasteiger partial charge is 0.332 e. The number of piperazine rings is 1. The number of carbonyl (C=O) groups excluding carboxylic acids is 1. The third-order valence-corrected chi connectivity index (χ3v) is 7.21. The van der Waals surface area contributed by atoms with Gasteiger partial charge in [0.1, 0.15) is 18.2 Å². The highest BCUT2D eigenvalue weighted by molar-refractivity contribution is 6.04. The molecule has 1 aromatic carbocycles. The van der Waals surface area contributed by atoms with Crippen molar-refractivity contribution in [3.8, 4) is 11.8 Å². The molecule has 2 aromatic heterocycles. The fourth-order valence-electron chi connectivity index (χ4n) is 4.72. The maximum absolute atomic E-state index is 13.6. The fourth-order valence-corrected chi connectivity index (χ4v) is 4.72. The molecule has 3 aromatic rings. The molecular weight excluding hydrogens is 491 g/mol. The molecule has 2 aliphatic rings. The van der Waals surface area contributed by atoms with Crippen LogP contribution in [-0.2, 0) is 13.2 Å². The average molecular weight is 527 g/mol. The Balaban J connectivity index is 1.30. The van der Waals surface area contributed by atoms with Gasteiger partial charge in [0.25, 0.3) is 5.91 Å². The molecule has 1 saturated heterocycles. The summed E-state index contributed by atoms with van der Waals surface area (Å²) in [6, 6.07) is 7.84. The lowest BCUT2D eigenvalue weighted by molar-refractivity contribution is 0.102. The Kier molecular flexibility index (Phi) is 8.50. The minimum absolute atomic E-state index is 0.203. The van der Waals surface area contributed by atoms with Gasteiger partial charge in [0, 0.05) is 44.6 Å². The first kappa shape index (κ1) is 26.8. The molecule has 8 heteroatoms. The van der Waals surface area contributed by atoms with Crippen molar-refractivity contribution in [1.29, 1.82) is 0 Å². The Hall–Kier alpha value is -3.80. The molecule has 5 rings (SSSR count). The number of aromatic amines is 1. The maximum atomic E-state index is 13.6. The highest BCUT2D eigenvalue weighted by Crippen LogP contribution is 2.43. The van der Waals surface area contributed by atoms with E-state index >= 15 is 0 Å². The van der Waals surface area contributed by atoms with E-state index in [2.05, 4.69) is 61.1 Å². The zero-order chi connectivity index (χ0) is 27.2. The van der Waals surface area contributed by atoms with Gasteiger partial charge < -0.3 is 15.2 Å². The number of allylic oxidation sites excluding steroid dienone is 1. The van der Waals surface area contributed by atoms with Crippen molar-refractivity contribution in [3.63, 3.8) is 0 Å². The number of nitrogens with one attached hydrogen (secondary N) is 2. The maximum Gasteiger partial charge on any atom is 0.257 e. The topological polar surface area (TPSA) is 77.2 Å². The summed E-state index contributed by atoms with van der Waals surface area (Å²) < 4.78 is 13.6. The van der Waals surface area contributed by atoms with E-state index in [-0.39, 0.29) is 11.6 Å². The van der Waals surface area contributed by atoms with Crippen LogP contribution in [0.2, 0.25) is 0 Å². The lowest BCUT2D eigenvalue weighted by atomic mass is 10.0. The molecule has 1 amide bonds. The van der Waals surface area contributed by atoms with Gasteiger partial charge in [-0.1, -0.05) is 25.0 Å². The molecule has 39 heavy (non-hydrogen) atoms. The molecule has 0 radical (unpaired) electrons. The number of anilines is 1. The third kappa shape index (κ3) is 6.99. The molecule has 3 heterocycles. The summed E-state index contributed by atoms with van der Waals surface area (Å²) in [6.45, 7) is 6.55.